The lowest BCUT2D eigenvalue weighted by molar-refractivity contribution is -0.0249. The highest BCUT2D eigenvalue weighted by molar-refractivity contribution is 7.20. The van der Waals surface area contributed by atoms with Crippen molar-refractivity contribution in [2.45, 2.75) is 25.2 Å². The van der Waals surface area contributed by atoms with Crippen LogP contribution in [0.1, 0.15) is 28.7 Å². The van der Waals surface area contributed by atoms with Gasteiger partial charge in [-0.2, -0.15) is 4.98 Å². The van der Waals surface area contributed by atoms with Gasteiger partial charge in [-0.15, -0.1) is 11.3 Å². The second kappa shape index (κ2) is 7.18. The van der Waals surface area contributed by atoms with Gasteiger partial charge in [0.2, 0.25) is 0 Å². The normalized spacial score (nSPS) is 19.5. The summed E-state index contributed by atoms with van der Waals surface area (Å²) in [5, 5.41) is 12.4. The minimum Gasteiger partial charge on any atom is -0.394 e. The maximum atomic E-state index is 14.4. The number of thiophene rings is 1. The Hall–Kier alpha value is -2.62. The van der Waals surface area contributed by atoms with E-state index in [0.29, 0.717) is 17.7 Å². The minimum absolute atomic E-state index is 0.162. The number of halogens is 1. The average Bonchev–Trinajstić information content (AvgIpc) is 3.31. The number of amides is 1. The van der Waals surface area contributed by atoms with Crippen molar-refractivity contribution >= 4 is 33.1 Å². The van der Waals surface area contributed by atoms with Crippen molar-refractivity contribution in [1.82, 2.24) is 9.55 Å². The molecular weight excluding hydrogens is 373 g/mol. The lowest BCUT2D eigenvalue weighted by atomic mass is 10.2. The van der Waals surface area contributed by atoms with Gasteiger partial charge in [-0.05, 0) is 30.4 Å². The number of aliphatic hydroxyl groups excluding tert-OH is 1. The Morgan fingerprint density at radius 1 is 1.41 bits per heavy atom. The van der Waals surface area contributed by atoms with Crippen LogP contribution in [0.4, 0.5) is 10.2 Å². The molecule has 1 amide bonds. The molecule has 1 fully saturated rings. The SMILES string of the molecule is O=C(Nc1nc(=O)n(C2CCC(CO)O2)cc1F)c1cc2ccccc2s1. The second-order valence-corrected chi connectivity index (χ2v) is 7.29. The first kappa shape index (κ1) is 17.8. The number of carbonyl (C=O) groups is 1. The second-order valence-electron chi connectivity index (χ2n) is 6.20. The fourth-order valence-corrected chi connectivity index (χ4v) is 3.99. The van der Waals surface area contributed by atoms with Gasteiger partial charge in [0.25, 0.3) is 5.91 Å². The highest BCUT2D eigenvalue weighted by Crippen LogP contribution is 2.28. The van der Waals surface area contributed by atoms with Crippen molar-refractivity contribution in [3.8, 4) is 0 Å². The fourth-order valence-electron chi connectivity index (χ4n) is 3.03. The summed E-state index contributed by atoms with van der Waals surface area (Å²) in [6.07, 6.45) is 0.959. The van der Waals surface area contributed by atoms with Crippen LogP contribution < -0.4 is 11.0 Å². The number of rotatable bonds is 4. The Kier molecular flexibility index (Phi) is 4.73. The number of fused-ring (bicyclic) bond motifs is 1. The summed E-state index contributed by atoms with van der Waals surface area (Å²) in [6, 6.07) is 9.20. The molecule has 1 aromatic carbocycles. The van der Waals surface area contributed by atoms with Crippen molar-refractivity contribution in [2.24, 2.45) is 0 Å². The highest BCUT2D eigenvalue weighted by atomic mass is 32.1. The van der Waals surface area contributed by atoms with Gasteiger partial charge >= 0.3 is 5.69 Å². The maximum absolute atomic E-state index is 14.4. The van der Waals surface area contributed by atoms with Gasteiger partial charge in [-0.1, -0.05) is 18.2 Å². The molecule has 0 spiro atoms. The molecule has 7 nitrogen and oxygen atoms in total. The molecule has 2 aromatic heterocycles. The van der Waals surface area contributed by atoms with Gasteiger partial charge in [-0.3, -0.25) is 9.36 Å². The molecule has 27 heavy (non-hydrogen) atoms. The number of aromatic nitrogens is 2. The third-order valence-electron chi connectivity index (χ3n) is 4.39. The van der Waals surface area contributed by atoms with Crippen LogP contribution in [0.15, 0.2) is 41.3 Å². The molecule has 0 aliphatic carbocycles. The Balaban J connectivity index is 1.56. The zero-order valence-corrected chi connectivity index (χ0v) is 14.9. The lowest BCUT2D eigenvalue weighted by Crippen LogP contribution is -2.29. The van der Waals surface area contributed by atoms with E-state index in [0.717, 1.165) is 20.9 Å². The van der Waals surface area contributed by atoms with Gasteiger partial charge in [0, 0.05) is 4.70 Å². The number of hydrogen-bond donors (Lipinski definition) is 2. The van der Waals surface area contributed by atoms with Crippen LogP contribution >= 0.6 is 11.3 Å². The largest absolute Gasteiger partial charge is 0.394 e. The summed E-state index contributed by atoms with van der Waals surface area (Å²) < 4.78 is 21.9. The first-order valence-electron chi connectivity index (χ1n) is 8.40. The first-order valence-corrected chi connectivity index (χ1v) is 9.21. The van der Waals surface area contributed by atoms with Crippen LogP contribution in [0.3, 0.4) is 0 Å². The van der Waals surface area contributed by atoms with Gasteiger partial charge in [0.1, 0.15) is 6.23 Å². The number of aliphatic hydroxyl groups is 1. The standard InChI is InChI=1S/C18H16FN3O4S/c19-12-8-22(15-6-5-11(9-23)26-15)18(25)21-16(12)20-17(24)14-7-10-3-1-2-4-13(10)27-14/h1-4,7-8,11,15,23H,5-6,9H2,(H,20,21,24,25). The van der Waals surface area contributed by atoms with E-state index < -0.39 is 29.5 Å². The summed E-state index contributed by atoms with van der Waals surface area (Å²) in [5.41, 5.74) is -0.730. The van der Waals surface area contributed by atoms with E-state index in [-0.39, 0.29) is 12.7 Å². The topological polar surface area (TPSA) is 93.5 Å². The molecule has 1 aliphatic rings. The quantitative estimate of drug-likeness (QED) is 0.715. The van der Waals surface area contributed by atoms with Crippen LogP contribution in [-0.4, -0.2) is 33.3 Å². The van der Waals surface area contributed by atoms with Gasteiger partial charge in [-0.25, -0.2) is 9.18 Å². The Labute approximate surface area is 157 Å². The molecule has 0 saturated carbocycles. The third kappa shape index (κ3) is 3.48. The summed E-state index contributed by atoms with van der Waals surface area (Å²) in [5.74, 6) is -1.78. The minimum atomic E-state index is -0.833. The Morgan fingerprint density at radius 3 is 2.96 bits per heavy atom. The molecule has 1 aliphatic heterocycles. The van der Waals surface area contributed by atoms with Crippen LogP contribution in [0.25, 0.3) is 10.1 Å². The molecule has 4 rings (SSSR count). The summed E-state index contributed by atoms with van der Waals surface area (Å²) in [6.45, 7) is -0.162. The van der Waals surface area contributed by atoms with Crippen LogP contribution in [0.2, 0.25) is 0 Å². The van der Waals surface area contributed by atoms with Gasteiger partial charge < -0.3 is 15.2 Å². The molecule has 2 N–H and O–H groups in total. The predicted octanol–water partition coefficient (Wildman–Crippen LogP) is 2.52. The van der Waals surface area contributed by atoms with E-state index in [4.69, 9.17) is 9.84 Å². The zero-order valence-electron chi connectivity index (χ0n) is 14.1. The Morgan fingerprint density at radius 2 is 2.22 bits per heavy atom. The number of nitrogens with one attached hydrogen (secondary N) is 1. The zero-order chi connectivity index (χ0) is 19.0. The molecule has 3 heterocycles. The summed E-state index contributed by atoms with van der Waals surface area (Å²) >= 11 is 1.27. The molecule has 2 unspecified atom stereocenters. The van der Waals surface area contributed by atoms with Crippen LogP contribution in [0, 0.1) is 5.82 Å². The molecule has 140 valence electrons. The number of anilines is 1. The van der Waals surface area contributed by atoms with E-state index in [2.05, 4.69) is 10.3 Å². The maximum Gasteiger partial charge on any atom is 0.351 e. The predicted molar refractivity (Wildman–Crippen MR) is 98.5 cm³/mol. The van der Waals surface area contributed by atoms with E-state index in [9.17, 15) is 14.0 Å². The van der Waals surface area contributed by atoms with Crippen molar-refractivity contribution in [1.29, 1.82) is 0 Å². The number of ether oxygens (including phenoxy) is 1. The molecular formula is C18H16FN3O4S. The van der Waals surface area contributed by atoms with E-state index in [1.165, 1.54) is 11.3 Å². The third-order valence-corrected chi connectivity index (χ3v) is 5.50. The van der Waals surface area contributed by atoms with Crippen LogP contribution in [-0.2, 0) is 4.74 Å². The number of nitrogens with zero attached hydrogens (tertiary/aromatic N) is 2. The van der Waals surface area contributed by atoms with Crippen molar-refractivity contribution in [3.63, 3.8) is 0 Å². The Bertz CT molecular complexity index is 1030. The fraction of sp³-hybridized carbons (Fsp3) is 0.278. The first-order chi connectivity index (χ1) is 13.0. The highest BCUT2D eigenvalue weighted by Gasteiger charge is 2.28. The summed E-state index contributed by atoms with van der Waals surface area (Å²) in [7, 11) is 0. The summed E-state index contributed by atoms with van der Waals surface area (Å²) in [4.78, 5) is 28.7. The molecule has 0 bridgehead atoms. The number of hydrogen-bond acceptors (Lipinski definition) is 6. The smallest absolute Gasteiger partial charge is 0.351 e. The van der Waals surface area contributed by atoms with E-state index in [1.807, 2.05) is 24.3 Å². The monoisotopic (exact) mass is 389 g/mol. The van der Waals surface area contributed by atoms with Gasteiger partial charge in [0.05, 0.1) is 23.8 Å². The van der Waals surface area contributed by atoms with Crippen molar-refractivity contribution in [3.05, 3.63) is 57.7 Å². The van der Waals surface area contributed by atoms with Crippen LogP contribution in [0.5, 0.6) is 0 Å². The molecule has 3 aromatic rings. The molecule has 2 atom stereocenters. The molecule has 0 radical (unpaired) electrons. The van der Waals surface area contributed by atoms with E-state index in [1.54, 1.807) is 6.07 Å². The lowest BCUT2D eigenvalue weighted by Gasteiger charge is -2.15. The van der Waals surface area contributed by atoms with Crippen molar-refractivity contribution in [2.75, 3.05) is 11.9 Å². The van der Waals surface area contributed by atoms with Gasteiger partial charge in [0.15, 0.2) is 11.6 Å². The van der Waals surface area contributed by atoms with E-state index >= 15 is 0 Å². The number of carbonyl (C=O) groups excluding carboxylic acids is 1. The average molecular weight is 389 g/mol. The number of benzene rings is 1. The molecule has 9 heteroatoms. The molecule has 1 saturated heterocycles. The van der Waals surface area contributed by atoms with Crippen molar-refractivity contribution < 1.29 is 19.0 Å².